The molecule has 6 heteroatoms. The van der Waals surface area contributed by atoms with Gasteiger partial charge in [-0.3, -0.25) is 14.6 Å². The molecule has 30 heavy (non-hydrogen) atoms. The minimum Gasteiger partial charge on any atom is -0.348 e. The molecule has 3 rings (SSSR count). The monoisotopic (exact) mass is 431 g/mol. The Labute approximate surface area is 184 Å². The van der Waals surface area contributed by atoms with Crippen LogP contribution in [0.1, 0.15) is 43.0 Å². The molecule has 2 aromatic rings. The van der Waals surface area contributed by atoms with E-state index in [2.05, 4.69) is 46.3 Å². The fourth-order valence-electron chi connectivity index (χ4n) is 3.85. The number of aryl methyl sites for hydroxylation is 1. The molecule has 1 amide bonds. The van der Waals surface area contributed by atoms with Crippen LogP contribution >= 0.6 is 11.6 Å². The smallest absolute Gasteiger partial charge is 0.234 e. The lowest BCUT2D eigenvalue weighted by Crippen LogP contribution is -2.49. The van der Waals surface area contributed by atoms with Crippen LogP contribution in [0.3, 0.4) is 0 Å². The number of nitrogens with zero attached hydrogens (tertiary/aromatic N) is 2. The summed E-state index contributed by atoms with van der Waals surface area (Å²) in [6.07, 6.45) is 2.21. The van der Waals surface area contributed by atoms with Crippen LogP contribution in [0.2, 0.25) is 5.02 Å². The Hall–Kier alpha value is -1.95. The van der Waals surface area contributed by atoms with E-state index in [0.29, 0.717) is 23.7 Å². The first-order valence-electron chi connectivity index (χ1n) is 10.7. The minimum atomic E-state index is -0.263. The third-order valence-electron chi connectivity index (χ3n) is 5.67. The van der Waals surface area contributed by atoms with Crippen molar-refractivity contribution in [1.29, 1.82) is 0 Å². The molecule has 2 aromatic carbocycles. The van der Waals surface area contributed by atoms with Gasteiger partial charge in [0.15, 0.2) is 0 Å². The summed E-state index contributed by atoms with van der Waals surface area (Å²) < 4.78 is 14.0. The first kappa shape index (κ1) is 22.7. The van der Waals surface area contributed by atoms with E-state index >= 15 is 0 Å². The number of halogens is 2. The molecular formula is C24H31ClFN3O. The number of rotatable bonds is 8. The van der Waals surface area contributed by atoms with Gasteiger partial charge in [-0.2, -0.15) is 0 Å². The summed E-state index contributed by atoms with van der Waals surface area (Å²) in [4.78, 5) is 16.8. The summed E-state index contributed by atoms with van der Waals surface area (Å²) in [7, 11) is 0. The van der Waals surface area contributed by atoms with E-state index in [9.17, 15) is 9.18 Å². The van der Waals surface area contributed by atoms with Crippen molar-refractivity contribution < 1.29 is 9.18 Å². The van der Waals surface area contributed by atoms with Gasteiger partial charge in [-0.1, -0.05) is 55.3 Å². The zero-order valence-corrected chi connectivity index (χ0v) is 18.6. The Morgan fingerprint density at radius 3 is 2.40 bits per heavy atom. The molecule has 0 aliphatic carbocycles. The largest absolute Gasteiger partial charge is 0.348 e. The van der Waals surface area contributed by atoms with Gasteiger partial charge in [0.2, 0.25) is 5.91 Å². The highest BCUT2D eigenvalue weighted by atomic mass is 35.5. The fourth-order valence-corrected chi connectivity index (χ4v) is 4.07. The van der Waals surface area contributed by atoms with E-state index in [1.807, 2.05) is 6.92 Å². The number of nitrogens with one attached hydrogen (secondary N) is 1. The van der Waals surface area contributed by atoms with Gasteiger partial charge in [0.1, 0.15) is 5.82 Å². The van der Waals surface area contributed by atoms with E-state index in [1.165, 1.54) is 11.6 Å². The number of hydrogen-bond donors (Lipinski definition) is 1. The standard InChI is InChI=1S/C24H31ClFN3O/c1-3-5-19-8-10-20(11-9-19)18(2)27-24(30)17-29-14-12-28(13-15-29)16-21-22(25)6-4-7-23(21)26/h4,6-11,18H,3,5,12-17H2,1-2H3,(H,27,30)/t18-/m0/s1. The van der Waals surface area contributed by atoms with Crippen molar-refractivity contribution in [2.45, 2.75) is 39.3 Å². The third kappa shape index (κ3) is 6.27. The Bertz CT molecular complexity index is 815. The lowest BCUT2D eigenvalue weighted by molar-refractivity contribution is -0.123. The van der Waals surface area contributed by atoms with Gasteiger partial charge in [-0.25, -0.2) is 4.39 Å². The molecule has 1 aliphatic rings. The predicted octanol–water partition coefficient (Wildman–Crippen LogP) is 4.43. The Morgan fingerprint density at radius 1 is 1.10 bits per heavy atom. The molecule has 1 atom stereocenters. The van der Waals surface area contributed by atoms with E-state index in [4.69, 9.17) is 11.6 Å². The summed E-state index contributed by atoms with van der Waals surface area (Å²) in [5.74, 6) is -0.230. The van der Waals surface area contributed by atoms with Gasteiger partial charge < -0.3 is 5.32 Å². The maximum absolute atomic E-state index is 14.0. The minimum absolute atomic E-state index is 0.0161. The Morgan fingerprint density at radius 2 is 1.77 bits per heavy atom. The molecular weight excluding hydrogens is 401 g/mol. The van der Waals surface area contributed by atoms with Gasteiger partial charge >= 0.3 is 0 Å². The summed E-state index contributed by atoms with van der Waals surface area (Å²) in [5, 5.41) is 3.57. The Kier molecular flexibility index (Phi) is 8.25. The van der Waals surface area contributed by atoms with Gasteiger partial charge in [0.05, 0.1) is 12.6 Å². The van der Waals surface area contributed by atoms with Crippen LogP contribution in [0.5, 0.6) is 0 Å². The number of carbonyl (C=O) groups excluding carboxylic acids is 1. The third-order valence-corrected chi connectivity index (χ3v) is 6.03. The number of carbonyl (C=O) groups is 1. The van der Waals surface area contributed by atoms with Crippen molar-refractivity contribution in [3.8, 4) is 0 Å². The lowest BCUT2D eigenvalue weighted by atomic mass is 10.0. The second kappa shape index (κ2) is 10.9. The SMILES string of the molecule is CCCc1ccc([C@H](C)NC(=O)CN2CCN(Cc3c(F)cccc3Cl)CC2)cc1. The molecule has 1 aliphatic heterocycles. The second-order valence-corrected chi connectivity index (χ2v) is 8.44. The number of amides is 1. The average Bonchev–Trinajstić information content (AvgIpc) is 2.73. The van der Waals surface area contributed by atoms with Gasteiger partial charge in [-0.15, -0.1) is 0 Å². The van der Waals surface area contributed by atoms with Crippen LogP contribution in [0, 0.1) is 5.82 Å². The van der Waals surface area contributed by atoms with Gasteiger partial charge in [-0.05, 0) is 36.6 Å². The van der Waals surface area contributed by atoms with Crippen molar-refractivity contribution in [2.75, 3.05) is 32.7 Å². The molecule has 0 radical (unpaired) electrons. The summed E-state index contributed by atoms with van der Waals surface area (Å²) >= 11 is 6.14. The summed E-state index contributed by atoms with van der Waals surface area (Å²) in [5.41, 5.74) is 2.99. The molecule has 1 heterocycles. The topological polar surface area (TPSA) is 35.6 Å². The van der Waals surface area contributed by atoms with Crippen LogP contribution in [0.4, 0.5) is 4.39 Å². The summed E-state index contributed by atoms with van der Waals surface area (Å²) in [6.45, 7) is 8.19. The van der Waals surface area contributed by atoms with Crippen LogP contribution in [0.15, 0.2) is 42.5 Å². The van der Waals surface area contributed by atoms with Crippen molar-refractivity contribution in [2.24, 2.45) is 0 Å². The van der Waals surface area contributed by atoms with Gasteiger partial charge in [0, 0.05) is 43.3 Å². The van der Waals surface area contributed by atoms with E-state index in [0.717, 1.165) is 44.6 Å². The predicted molar refractivity (Wildman–Crippen MR) is 120 cm³/mol. The van der Waals surface area contributed by atoms with Crippen molar-refractivity contribution in [3.05, 3.63) is 70.0 Å². The first-order chi connectivity index (χ1) is 14.5. The van der Waals surface area contributed by atoms with Crippen molar-refractivity contribution in [3.63, 3.8) is 0 Å². The zero-order valence-electron chi connectivity index (χ0n) is 17.8. The molecule has 1 saturated heterocycles. The highest BCUT2D eigenvalue weighted by Crippen LogP contribution is 2.21. The van der Waals surface area contributed by atoms with Crippen LogP contribution in [-0.2, 0) is 17.8 Å². The molecule has 1 N–H and O–H groups in total. The second-order valence-electron chi connectivity index (χ2n) is 8.03. The molecule has 1 fully saturated rings. The van der Waals surface area contributed by atoms with E-state index in [-0.39, 0.29) is 17.8 Å². The highest BCUT2D eigenvalue weighted by Gasteiger charge is 2.21. The molecule has 0 spiro atoms. The zero-order chi connectivity index (χ0) is 21.5. The molecule has 162 valence electrons. The van der Waals surface area contributed by atoms with E-state index < -0.39 is 0 Å². The van der Waals surface area contributed by atoms with Crippen LogP contribution in [-0.4, -0.2) is 48.4 Å². The van der Waals surface area contributed by atoms with Crippen LogP contribution in [0.25, 0.3) is 0 Å². The molecule has 4 nitrogen and oxygen atoms in total. The summed E-state index contributed by atoms with van der Waals surface area (Å²) in [6, 6.07) is 13.3. The molecule has 0 bridgehead atoms. The molecule has 0 aromatic heterocycles. The number of hydrogen-bond acceptors (Lipinski definition) is 3. The van der Waals surface area contributed by atoms with Crippen LogP contribution < -0.4 is 5.32 Å². The first-order valence-corrected chi connectivity index (χ1v) is 11.1. The Balaban J connectivity index is 1.43. The molecule has 0 unspecified atom stereocenters. The van der Waals surface area contributed by atoms with E-state index in [1.54, 1.807) is 12.1 Å². The maximum Gasteiger partial charge on any atom is 0.234 e. The number of piperazine rings is 1. The maximum atomic E-state index is 14.0. The van der Waals surface area contributed by atoms with Crippen molar-refractivity contribution in [1.82, 2.24) is 15.1 Å². The average molecular weight is 432 g/mol. The molecule has 0 saturated carbocycles. The normalized spacial score (nSPS) is 16.4. The number of benzene rings is 2. The lowest BCUT2D eigenvalue weighted by Gasteiger charge is -2.34. The van der Waals surface area contributed by atoms with Crippen molar-refractivity contribution >= 4 is 17.5 Å². The quantitative estimate of drug-likeness (QED) is 0.671. The highest BCUT2D eigenvalue weighted by molar-refractivity contribution is 6.31. The van der Waals surface area contributed by atoms with Gasteiger partial charge in [0.25, 0.3) is 0 Å². The fraction of sp³-hybridized carbons (Fsp3) is 0.458.